The molecule has 0 spiro atoms. The molecule has 0 saturated carbocycles. The summed E-state index contributed by atoms with van der Waals surface area (Å²) in [5, 5.41) is 24.5. The van der Waals surface area contributed by atoms with Crippen molar-refractivity contribution in [1.82, 2.24) is 10.1 Å². The number of hydrogen-bond acceptors (Lipinski definition) is 6. The molecule has 1 aliphatic rings. The third-order valence-electron chi connectivity index (χ3n) is 5.40. The zero-order valence-corrected chi connectivity index (χ0v) is 16.1. The molecule has 3 rings (SSSR count). The first-order chi connectivity index (χ1) is 13.3. The summed E-state index contributed by atoms with van der Waals surface area (Å²) in [4.78, 5) is 26.7. The number of carbonyl (C=O) groups excluding carboxylic acids is 1. The SMILES string of the molecule is COc1cccc(C[C@@]2(C(=O)O)CN(C(=O)c3c(C)noc3C)CC[C@H]2O)c1. The van der Waals surface area contributed by atoms with E-state index in [1.165, 1.54) is 12.0 Å². The standard InChI is InChI=1S/C20H24N2O6/c1-12-17(13(2)28-21-12)18(24)22-8-7-16(23)20(11-22,19(25)26)10-14-5-4-6-15(9-14)27-3/h4-6,9,16,23H,7-8,10-11H2,1-3H3,(H,25,26)/t16-,20-/m1/s1. The Morgan fingerprint density at radius 3 is 2.75 bits per heavy atom. The number of methoxy groups -OCH3 is 1. The fourth-order valence-corrected chi connectivity index (χ4v) is 3.81. The molecule has 8 heteroatoms. The minimum absolute atomic E-state index is 0.0755. The van der Waals surface area contributed by atoms with Crippen LogP contribution in [0.25, 0.3) is 0 Å². The summed E-state index contributed by atoms with van der Waals surface area (Å²) >= 11 is 0. The first kappa shape index (κ1) is 19.9. The second-order valence-electron chi connectivity index (χ2n) is 7.22. The van der Waals surface area contributed by atoms with Crippen molar-refractivity contribution in [2.24, 2.45) is 5.41 Å². The average Bonchev–Trinajstić information content (AvgIpc) is 3.01. The average molecular weight is 388 g/mol. The molecule has 8 nitrogen and oxygen atoms in total. The number of rotatable bonds is 5. The molecule has 1 aromatic carbocycles. The van der Waals surface area contributed by atoms with Crippen LogP contribution in [-0.2, 0) is 11.2 Å². The van der Waals surface area contributed by atoms with Crippen LogP contribution in [0.4, 0.5) is 0 Å². The normalized spacial score (nSPS) is 22.1. The number of benzene rings is 1. The van der Waals surface area contributed by atoms with Crippen molar-refractivity contribution in [3.05, 3.63) is 46.8 Å². The van der Waals surface area contributed by atoms with Gasteiger partial charge < -0.3 is 24.4 Å². The zero-order chi connectivity index (χ0) is 20.5. The zero-order valence-electron chi connectivity index (χ0n) is 16.1. The number of ether oxygens (including phenoxy) is 1. The van der Waals surface area contributed by atoms with Gasteiger partial charge in [-0.3, -0.25) is 9.59 Å². The first-order valence-electron chi connectivity index (χ1n) is 9.05. The molecule has 2 atom stereocenters. The van der Waals surface area contributed by atoms with Gasteiger partial charge in [0.15, 0.2) is 0 Å². The predicted octanol–water partition coefficient (Wildman–Crippen LogP) is 1.82. The number of amides is 1. The summed E-state index contributed by atoms with van der Waals surface area (Å²) in [6.07, 6.45) is -0.831. The van der Waals surface area contributed by atoms with Crippen LogP contribution in [0.15, 0.2) is 28.8 Å². The number of carbonyl (C=O) groups is 2. The van der Waals surface area contributed by atoms with Crippen LogP contribution in [0, 0.1) is 19.3 Å². The predicted molar refractivity (Wildman–Crippen MR) is 99.3 cm³/mol. The number of carboxylic acid groups (broad SMARTS) is 1. The van der Waals surface area contributed by atoms with E-state index in [0.29, 0.717) is 28.3 Å². The maximum absolute atomic E-state index is 13.0. The van der Waals surface area contributed by atoms with E-state index >= 15 is 0 Å². The van der Waals surface area contributed by atoms with Crippen molar-refractivity contribution in [1.29, 1.82) is 0 Å². The van der Waals surface area contributed by atoms with E-state index in [9.17, 15) is 19.8 Å². The molecule has 2 N–H and O–H groups in total. The van der Waals surface area contributed by atoms with E-state index in [4.69, 9.17) is 9.26 Å². The Labute approximate surface area is 162 Å². The molecule has 1 aliphatic heterocycles. The highest BCUT2D eigenvalue weighted by atomic mass is 16.5. The van der Waals surface area contributed by atoms with Crippen molar-refractivity contribution in [2.45, 2.75) is 32.8 Å². The molecule has 0 bridgehead atoms. The fraction of sp³-hybridized carbons (Fsp3) is 0.450. The molecule has 2 heterocycles. The van der Waals surface area contributed by atoms with E-state index in [0.717, 1.165) is 0 Å². The van der Waals surface area contributed by atoms with E-state index < -0.39 is 17.5 Å². The third-order valence-corrected chi connectivity index (χ3v) is 5.40. The van der Waals surface area contributed by atoms with Crippen LogP contribution in [-0.4, -0.2) is 58.4 Å². The molecule has 0 unspecified atom stereocenters. The highest BCUT2D eigenvalue weighted by Crippen LogP contribution is 2.36. The second kappa shape index (κ2) is 7.63. The van der Waals surface area contributed by atoms with Gasteiger partial charge in [-0.25, -0.2) is 0 Å². The minimum Gasteiger partial charge on any atom is -0.497 e. The number of aliphatic hydroxyl groups excluding tert-OH is 1. The van der Waals surface area contributed by atoms with Crippen molar-refractivity contribution < 1.29 is 29.1 Å². The van der Waals surface area contributed by atoms with E-state index in [2.05, 4.69) is 5.16 Å². The fourth-order valence-electron chi connectivity index (χ4n) is 3.81. The maximum Gasteiger partial charge on any atom is 0.314 e. The quantitative estimate of drug-likeness (QED) is 0.803. The van der Waals surface area contributed by atoms with Gasteiger partial charge in [-0.05, 0) is 44.4 Å². The van der Waals surface area contributed by atoms with Gasteiger partial charge in [0.25, 0.3) is 5.91 Å². The van der Waals surface area contributed by atoms with Crippen LogP contribution >= 0.6 is 0 Å². The van der Waals surface area contributed by atoms with Crippen molar-refractivity contribution in [3.63, 3.8) is 0 Å². The Kier molecular flexibility index (Phi) is 5.42. The largest absolute Gasteiger partial charge is 0.497 e. The molecule has 1 aromatic heterocycles. The Morgan fingerprint density at radius 2 is 2.14 bits per heavy atom. The molecular weight excluding hydrogens is 364 g/mol. The van der Waals surface area contributed by atoms with Gasteiger partial charge in [0.2, 0.25) is 0 Å². The van der Waals surface area contributed by atoms with Crippen molar-refractivity contribution >= 4 is 11.9 Å². The summed E-state index contributed by atoms with van der Waals surface area (Å²) in [6.45, 7) is 3.47. The van der Waals surface area contributed by atoms with Crippen LogP contribution < -0.4 is 4.74 Å². The lowest BCUT2D eigenvalue weighted by molar-refractivity contribution is -0.161. The lowest BCUT2D eigenvalue weighted by Crippen LogP contribution is -2.58. The van der Waals surface area contributed by atoms with Crippen LogP contribution in [0.1, 0.15) is 33.8 Å². The maximum atomic E-state index is 13.0. The highest BCUT2D eigenvalue weighted by molar-refractivity contribution is 5.96. The van der Waals surface area contributed by atoms with Gasteiger partial charge in [-0.15, -0.1) is 0 Å². The highest BCUT2D eigenvalue weighted by Gasteiger charge is 2.50. The number of aromatic nitrogens is 1. The monoisotopic (exact) mass is 388 g/mol. The van der Waals surface area contributed by atoms with Gasteiger partial charge in [0.1, 0.15) is 22.5 Å². The minimum atomic E-state index is -1.51. The number of aliphatic carboxylic acids is 1. The Bertz CT molecular complexity index is 873. The number of piperidine rings is 1. The molecule has 1 amide bonds. The van der Waals surface area contributed by atoms with Gasteiger partial charge in [0, 0.05) is 13.1 Å². The van der Waals surface area contributed by atoms with Crippen molar-refractivity contribution in [3.8, 4) is 5.75 Å². The Balaban J connectivity index is 1.93. The van der Waals surface area contributed by atoms with Crippen LogP contribution in [0.5, 0.6) is 5.75 Å². The number of aliphatic hydroxyl groups is 1. The molecule has 2 aromatic rings. The van der Waals surface area contributed by atoms with Crippen LogP contribution in [0.3, 0.4) is 0 Å². The van der Waals surface area contributed by atoms with Crippen LogP contribution in [0.2, 0.25) is 0 Å². The van der Waals surface area contributed by atoms with E-state index in [1.807, 2.05) is 0 Å². The Hall–Kier alpha value is -2.87. The summed E-state index contributed by atoms with van der Waals surface area (Å²) in [5.74, 6) is -0.479. The molecule has 0 radical (unpaired) electrons. The van der Waals surface area contributed by atoms with E-state index in [-0.39, 0.29) is 31.8 Å². The molecular formula is C20H24N2O6. The summed E-state index contributed by atoms with van der Waals surface area (Å²) in [6, 6.07) is 7.06. The Morgan fingerprint density at radius 1 is 1.39 bits per heavy atom. The number of hydrogen-bond donors (Lipinski definition) is 2. The summed E-state index contributed by atoms with van der Waals surface area (Å²) < 4.78 is 10.3. The lowest BCUT2D eigenvalue weighted by atomic mass is 9.72. The molecule has 28 heavy (non-hydrogen) atoms. The summed E-state index contributed by atoms with van der Waals surface area (Å²) in [5.41, 5.74) is 0.00559. The second-order valence-corrected chi connectivity index (χ2v) is 7.22. The number of nitrogens with zero attached hydrogens (tertiary/aromatic N) is 2. The number of aryl methyl sites for hydroxylation is 2. The van der Waals surface area contributed by atoms with Crippen molar-refractivity contribution in [2.75, 3.05) is 20.2 Å². The smallest absolute Gasteiger partial charge is 0.314 e. The number of likely N-dealkylation sites (tertiary alicyclic amines) is 1. The number of carboxylic acids is 1. The third kappa shape index (κ3) is 3.47. The van der Waals surface area contributed by atoms with Gasteiger partial charge >= 0.3 is 5.97 Å². The van der Waals surface area contributed by atoms with Gasteiger partial charge in [-0.1, -0.05) is 17.3 Å². The van der Waals surface area contributed by atoms with Gasteiger partial charge in [-0.2, -0.15) is 0 Å². The molecule has 1 fully saturated rings. The lowest BCUT2D eigenvalue weighted by Gasteiger charge is -2.43. The molecule has 0 aliphatic carbocycles. The topological polar surface area (TPSA) is 113 Å². The molecule has 150 valence electrons. The molecule has 1 saturated heterocycles. The van der Waals surface area contributed by atoms with Gasteiger partial charge in [0.05, 0.1) is 18.9 Å². The first-order valence-corrected chi connectivity index (χ1v) is 9.05. The van der Waals surface area contributed by atoms with E-state index in [1.54, 1.807) is 38.1 Å². The summed E-state index contributed by atoms with van der Waals surface area (Å²) in [7, 11) is 1.53.